The molecule has 0 saturated carbocycles. The smallest absolute Gasteiger partial charge is 0.435 e. The van der Waals surface area contributed by atoms with Crippen molar-refractivity contribution in [3.8, 4) is 51.9 Å². The van der Waals surface area contributed by atoms with Gasteiger partial charge in [-0.05, 0) is 55.5 Å². The number of nitrogen functional groups attached to an aromatic ring is 1. The minimum atomic E-state index is -4.70. The molecule has 322 valence electrons. The molecule has 4 N–H and O–H groups in total. The first-order chi connectivity index (χ1) is 30.3. The second-order valence-electron chi connectivity index (χ2n) is 13.3. The third-order valence-corrected chi connectivity index (χ3v) is 9.11. The number of methoxy groups -OCH3 is 4. The largest absolute Gasteiger partial charge is 0.493 e. The van der Waals surface area contributed by atoms with Gasteiger partial charge in [-0.1, -0.05) is 29.8 Å². The third-order valence-electron chi connectivity index (χ3n) is 9.11. The molecule has 3 aromatic heterocycles. The molecule has 0 aliphatic rings. The highest BCUT2D eigenvalue weighted by atomic mass is 19.4. The summed E-state index contributed by atoms with van der Waals surface area (Å²) in [5.41, 5.74) is 8.08. The van der Waals surface area contributed by atoms with Gasteiger partial charge in [-0.3, -0.25) is 5.32 Å². The van der Waals surface area contributed by atoms with Crippen LogP contribution in [0.1, 0.15) is 11.3 Å². The van der Waals surface area contributed by atoms with Crippen LogP contribution in [-0.2, 0) is 6.18 Å². The standard InChI is InChI=1S/C28H23F3N6O4.C16H15N3O3/c1-16-7-9-18(10-8-16)37-25(14-24(36-37)28(29,30)31)35-27(38)34-17-5-4-6-19(11-17)41-26-20-12-22(39-2)23(40-3)13-21(20)32-15-33-26;1-20-14-7-12-13(8-15(14)21-2)18-9-19-16(12)22-11-5-3-4-10(17)6-11/h4-15H,1-3H3,(H2,34,35,38);3-9H,17H2,1-2H3. The van der Waals surface area contributed by atoms with Gasteiger partial charge in [0.05, 0.1) is 55.9 Å². The van der Waals surface area contributed by atoms with Crippen molar-refractivity contribution in [2.24, 2.45) is 0 Å². The topological polar surface area (TPSA) is 192 Å². The number of carbonyl (C=O) groups is 1. The number of aromatic nitrogens is 6. The van der Waals surface area contributed by atoms with E-state index in [1.54, 1.807) is 93.1 Å². The van der Waals surface area contributed by atoms with E-state index in [4.69, 9.17) is 34.2 Å². The Morgan fingerprint density at radius 1 is 0.635 bits per heavy atom. The highest BCUT2D eigenvalue weighted by Crippen LogP contribution is 2.38. The van der Waals surface area contributed by atoms with Crippen LogP contribution >= 0.6 is 0 Å². The van der Waals surface area contributed by atoms with E-state index in [9.17, 15) is 18.0 Å². The highest BCUT2D eigenvalue weighted by molar-refractivity contribution is 5.99. The molecule has 0 saturated heterocycles. The maximum atomic E-state index is 13.4. The fourth-order valence-electron chi connectivity index (χ4n) is 6.09. The fraction of sp³-hybridized carbons (Fsp3) is 0.136. The molecular formula is C44H38F3N9O7. The summed E-state index contributed by atoms with van der Waals surface area (Å²) in [4.78, 5) is 29.7. The van der Waals surface area contributed by atoms with Crippen LogP contribution in [0.15, 0.2) is 116 Å². The molecule has 0 unspecified atom stereocenters. The number of hydrogen-bond acceptors (Lipinski definition) is 13. The number of aryl methyl sites for hydroxylation is 1. The summed E-state index contributed by atoms with van der Waals surface area (Å²) < 4.78 is 74.3. The highest BCUT2D eigenvalue weighted by Gasteiger charge is 2.35. The Balaban J connectivity index is 0.000000227. The Bertz CT molecular complexity index is 2910. The van der Waals surface area contributed by atoms with Crippen LogP contribution in [0.25, 0.3) is 27.5 Å². The predicted octanol–water partition coefficient (Wildman–Crippen LogP) is 9.62. The first-order valence-corrected chi connectivity index (χ1v) is 18.7. The molecule has 19 heteroatoms. The zero-order valence-electron chi connectivity index (χ0n) is 34.2. The van der Waals surface area contributed by atoms with Gasteiger partial charge in [0.2, 0.25) is 11.8 Å². The van der Waals surface area contributed by atoms with Crippen LogP contribution in [0, 0.1) is 6.92 Å². The van der Waals surface area contributed by atoms with Crippen molar-refractivity contribution < 1.29 is 46.4 Å². The van der Waals surface area contributed by atoms with E-state index in [0.717, 1.165) is 21.7 Å². The zero-order chi connectivity index (χ0) is 44.7. The summed E-state index contributed by atoms with van der Waals surface area (Å²) in [5.74, 6) is 3.58. The summed E-state index contributed by atoms with van der Waals surface area (Å²) in [7, 11) is 6.18. The number of nitrogens with one attached hydrogen (secondary N) is 2. The first kappa shape index (κ1) is 42.8. The number of anilines is 3. The Kier molecular flexibility index (Phi) is 12.6. The molecule has 0 radical (unpaired) electrons. The molecular weight excluding hydrogens is 824 g/mol. The lowest BCUT2D eigenvalue weighted by molar-refractivity contribution is -0.141. The summed E-state index contributed by atoms with van der Waals surface area (Å²) in [6, 6.07) is 27.2. The number of rotatable bonds is 11. The third kappa shape index (κ3) is 10.00. The van der Waals surface area contributed by atoms with Gasteiger partial charge in [0.1, 0.15) is 30.0 Å². The second kappa shape index (κ2) is 18.5. The number of alkyl halides is 3. The van der Waals surface area contributed by atoms with E-state index < -0.39 is 17.9 Å². The maximum absolute atomic E-state index is 13.4. The average Bonchev–Trinajstić information content (AvgIpc) is 3.70. The van der Waals surface area contributed by atoms with E-state index >= 15 is 0 Å². The van der Waals surface area contributed by atoms with Crippen LogP contribution in [0.3, 0.4) is 0 Å². The molecule has 8 aromatic rings. The van der Waals surface area contributed by atoms with Gasteiger partial charge in [-0.25, -0.2) is 29.4 Å². The fourth-order valence-corrected chi connectivity index (χ4v) is 6.09. The monoisotopic (exact) mass is 861 g/mol. The summed E-state index contributed by atoms with van der Waals surface area (Å²) in [6.07, 6.45) is -1.92. The van der Waals surface area contributed by atoms with Crippen molar-refractivity contribution in [2.75, 3.05) is 44.8 Å². The summed E-state index contributed by atoms with van der Waals surface area (Å²) in [6.45, 7) is 1.85. The minimum absolute atomic E-state index is 0.164. The minimum Gasteiger partial charge on any atom is -0.493 e. The van der Waals surface area contributed by atoms with Crippen molar-refractivity contribution in [1.82, 2.24) is 29.7 Å². The van der Waals surface area contributed by atoms with Crippen LogP contribution in [0.5, 0.6) is 46.3 Å². The summed E-state index contributed by atoms with van der Waals surface area (Å²) >= 11 is 0. The van der Waals surface area contributed by atoms with Crippen LogP contribution < -0.4 is 44.8 Å². The van der Waals surface area contributed by atoms with Crippen LogP contribution in [0.2, 0.25) is 0 Å². The van der Waals surface area contributed by atoms with Crippen molar-refractivity contribution in [1.29, 1.82) is 0 Å². The number of halogens is 3. The molecule has 2 amide bonds. The summed E-state index contributed by atoms with van der Waals surface area (Å²) in [5, 5.41) is 9.98. The molecule has 0 fully saturated rings. The van der Waals surface area contributed by atoms with E-state index in [-0.39, 0.29) is 11.7 Å². The number of hydrogen-bond donors (Lipinski definition) is 3. The second-order valence-corrected chi connectivity index (χ2v) is 13.3. The van der Waals surface area contributed by atoms with Crippen molar-refractivity contribution in [3.05, 3.63) is 127 Å². The Morgan fingerprint density at radius 2 is 1.16 bits per heavy atom. The quantitative estimate of drug-likeness (QED) is 0.104. The van der Waals surface area contributed by atoms with Crippen LogP contribution in [-0.4, -0.2) is 64.2 Å². The maximum Gasteiger partial charge on any atom is 0.435 e. The van der Waals surface area contributed by atoms with Crippen LogP contribution in [0.4, 0.5) is 35.2 Å². The molecule has 0 aliphatic heterocycles. The average molecular weight is 862 g/mol. The Labute approximate surface area is 357 Å². The van der Waals surface area contributed by atoms with Gasteiger partial charge in [0, 0.05) is 41.7 Å². The molecule has 8 rings (SSSR count). The SMILES string of the molecule is COc1cc2ncnc(Oc3cccc(N)c3)c2cc1OC.COc1cc2ncnc(Oc3cccc(NC(=O)Nc4cc(C(F)(F)F)nn4-c4ccc(C)cc4)c3)c2cc1OC. The van der Waals surface area contributed by atoms with Gasteiger partial charge in [-0.15, -0.1) is 0 Å². The number of amides is 2. The normalized spacial score (nSPS) is 11.0. The molecule has 0 spiro atoms. The van der Waals surface area contributed by atoms with Gasteiger partial charge < -0.3 is 39.5 Å². The molecule has 3 heterocycles. The number of ether oxygens (including phenoxy) is 6. The lowest BCUT2D eigenvalue weighted by Crippen LogP contribution is -2.21. The molecule has 63 heavy (non-hydrogen) atoms. The van der Waals surface area contributed by atoms with Crippen molar-refractivity contribution in [3.63, 3.8) is 0 Å². The van der Waals surface area contributed by atoms with Gasteiger partial charge in [0.25, 0.3) is 0 Å². The van der Waals surface area contributed by atoms with Gasteiger partial charge in [0.15, 0.2) is 28.7 Å². The predicted molar refractivity (Wildman–Crippen MR) is 229 cm³/mol. The molecule has 0 atom stereocenters. The van der Waals surface area contributed by atoms with E-state index in [0.29, 0.717) is 73.9 Å². The number of nitrogens with two attached hydrogens (primary N) is 1. The van der Waals surface area contributed by atoms with E-state index in [1.165, 1.54) is 32.9 Å². The van der Waals surface area contributed by atoms with E-state index in [1.807, 2.05) is 19.1 Å². The number of fused-ring (bicyclic) bond motifs is 2. The Hall–Kier alpha value is -8.35. The van der Waals surface area contributed by atoms with Gasteiger partial charge >= 0.3 is 12.2 Å². The van der Waals surface area contributed by atoms with Gasteiger partial charge in [-0.2, -0.15) is 18.3 Å². The molecule has 0 bridgehead atoms. The Morgan fingerprint density at radius 3 is 1.68 bits per heavy atom. The lowest BCUT2D eigenvalue weighted by Gasteiger charge is -2.13. The lowest BCUT2D eigenvalue weighted by atomic mass is 10.2. The molecule has 0 aliphatic carbocycles. The number of benzene rings is 5. The van der Waals surface area contributed by atoms with Crippen molar-refractivity contribution >= 4 is 45.0 Å². The van der Waals surface area contributed by atoms with E-state index in [2.05, 4.69) is 35.7 Å². The molecule has 16 nitrogen and oxygen atoms in total. The first-order valence-electron chi connectivity index (χ1n) is 18.7. The number of carbonyl (C=O) groups excluding carboxylic acids is 1. The molecule has 5 aromatic carbocycles. The number of nitrogens with zero attached hydrogens (tertiary/aromatic N) is 6. The van der Waals surface area contributed by atoms with Crippen molar-refractivity contribution in [2.45, 2.75) is 13.1 Å². The number of urea groups is 1. The zero-order valence-corrected chi connectivity index (χ0v) is 34.2.